The Morgan fingerprint density at radius 1 is 0.750 bits per heavy atom. The molecule has 0 spiro atoms. The van der Waals surface area contributed by atoms with Crippen molar-refractivity contribution < 1.29 is 39.6 Å². The molecule has 2 unspecified atom stereocenters. The van der Waals surface area contributed by atoms with E-state index in [0.29, 0.717) is 0 Å². The minimum Gasteiger partial charge on any atom is -0.480 e. The number of hydrogen-bond donors (Lipinski definition) is 4. The Morgan fingerprint density at radius 3 is 1.25 bits per heavy atom. The molecule has 0 amide bonds. The van der Waals surface area contributed by atoms with E-state index in [4.69, 9.17) is 20.4 Å². The van der Waals surface area contributed by atoms with Crippen LogP contribution in [0.3, 0.4) is 0 Å². The zero-order valence-corrected chi connectivity index (χ0v) is 10.3. The molecule has 1 aliphatic heterocycles. The smallest absolute Gasteiger partial charge is 0.323 e. The number of piperazine rings is 1. The summed E-state index contributed by atoms with van der Waals surface area (Å²) in [5.41, 5.74) is 0. The standard InChI is InChI=1S/C10H14N2O8/c13-5(14)3-11-1-2-12(4-6(15)16)8(10(19)20)7(11)9(17)18/h7-8H,1-4H2,(H,13,14)(H,15,16)(H,17,18)(H,19,20). The Bertz CT molecular complexity index is 397. The summed E-state index contributed by atoms with van der Waals surface area (Å²) in [6.07, 6.45) is 0. The molecule has 0 aromatic rings. The molecular weight excluding hydrogens is 276 g/mol. The lowest BCUT2D eigenvalue weighted by molar-refractivity contribution is -0.165. The van der Waals surface area contributed by atoms with Crippen molar-refractivity contribution in [1.82, 2.24) is 9.80 Å². The van der Waals surface area contributed by atoms with Gasteiger partial charge in [0.05, 0.1) is 13.1 Å². The molecule has 112 valence electrons. The van der Waals surface area contributed by atoms with Crippen LogP contribution in [0, 0.1) is 0 Å². The minimum atomic E-state index is -1.61. The largest absolute Gasteiger partial charge is 0.480 e. The summed E-state index contributed by atoms with van der Waals surface area (Å²) in [7, 11) is 0. The Kier molecular flexibility index (Phi) is 5.00. The van der Waals surface area contributed by atoms with E-state index in [2.05, 4.69) is 0 Å². The Morgan fingerprint density at radius 2 is 1.05 bits per heavy atom. The summed E-state index contributed by atoms with van der Waals surface area (Å²) >= 11 is 0. The van der Waals surface area contributed by atoms with Crippen molar-refractivity contribution in [3.63, 3.8) is 0 Å². The molecular formula is C10H14N2O8. The van der Waals surface area contributed by atoms with Crippen molar-refractivity contribution >= 4 is 23.9 Å². The van der Waals surface area contributed by atoms with Crippen LogP contribution in [0.4, 0.5) is 0 Å². The fraction of sp³-hybridized carbons (Fsp3) is 0.600. The molecule has 1 saturated heterocycles. The van der Waals surface area contributed by atoms with Gasteiger partial charge in [-0.25, -0.2) is 0 Å². The molecule has 2 atom stereocenters. The summed E-state index contributed by atoms with van der Waals surface area (Å²) in [5, 5.41) is 35.7. The van der Waals surface area contributed by atoms with E-state index in [-0.39, 0.29) is 13.1 Å². The first-order chi connectivity index (χ1) is 9.23. The van der Waals surface area contributed by atoms with Gasteiger partial charge in [-0.15, -0.1) is 0 Å². The first kappa shape index (κ1) is 15.9. The maximum atomic E-state index is 11.2. The van der Waals surface area contributed by atoms with Crippen molar-refractivity contribution in [3.8, 4) is 0 Å². The molecule has 0 aromatic carbocycles. The van der Waals surface area contributed by atoms with Gasteiger partial charge in [0.25, 0.3) is 0 Å². The third-order valence-electron chi connectivity index (χ3n) is 2.94. The average molecular weight is 290 g/mol. The highest BCUT2D eigenvalue weighted by Gasteiger charge is 2.46. The van der Waals surface area contributed by atoms with Gasteiger partial charge in [-0.3, -0.25) is 29.0 Å². The predicted molar refractivity (Wildman–Crippen MR) is 61.3 cm³/mol. The summed E-state index contributed by atoms with van der Waals surface area (Å²) < 4.78 is 0. The summed E-state index contributed by atoms with van der Waals surface area (Å²) in [6.45, 7) is -1.33. The van der Waals surface area contributed by atoms with Crippen molar-refractivity contribution in [2.75, 3.05) is 26.2 Å². The van der Waals surface area contributed by atoms with Crippen LogP contribution in [0.1, 0.15) is 0 Å². The fourth-order valence-corrected chi connectivity index (χ4v) is 2.22. The topological polar surface area (TPSA) is 156 Å². The second kappa shape index (κ2) is 6.30. The summed E-state index contributed by atoms with van der Waals surface area (Å²) in [6, 6.07) is -3.23. The van der Waals surface area contributed by atoms with E-state index >= 15 is 0 Å². The number of aliphatic carboxylic acids is 4. The van der Waals surface area contributed by atoms with Crippen LogP contribution in [0.2, 0.25) is 0 Å². The van der Waals surface area contributed by atoms with E-state index < -0.39 is 49.1 Å². The normalized spacial score (nSPS) is 24.2. The number of carboxylic acids is 4. The first-order valence-corrected chi connectivity index (χ1v) is 5.61. The lowest BCUT2D eigenvalue weighted by Gasteiger charge is -2.42. The third kappa shape index (κ3) is 3.65. The van der Waals surface area contributed by atoms with Gasteiger partial charge in [0.15, 0.2) is 0 Å². The number of carbonyl (C=O) groups is 4. The Labute approximate surface area is 112 Å². The van der Waals surface area contributed by atoms with Crippen molar-refractivity contribution in [1.29, 1.82) is 0 Å². The highest BCUT2D eigenvalue weighted by Crippen LogP contribution is 2.18. The molecule has 0 bridgehead atoms. The second-order valence-corrected chi connectivity index (χ2v) is 4.29. The predicted octanol–water partition coefficient (Wildman–Crippen LogP) is -2.32. The van der Waals surface area contributed by atoms with Gasteiger partial charge < -0.3 is 20.4 Å². The van der Waals surface area contributed by atoms with E-state index in [1.807, 2.05) is 0 Å². The first-order valence-electron chi connectivity index (χ1n) is 5.61. The molecule has 0 saturated carbocycles. The molecule has 1 heterocycles. The number of rotatable bonds is 6. The van der Waals surface area contributed by atoms with E-state index in [9.17, 15) is 19.2 Å². The molecule has 4 N–H and O–H groups in total. The molecule has 20 heavy (non-hydrogen) atoms. The van der Waals surface area contributed by atoms with E-state index in [1.165, 1.54) is 0 Å². The third-order valence-corrected chi connectivity index (χ3v) is 2.94. The van der Waals surface area contributed by atoms with Crippen LogP contribution >= 0.6 is 0 Å². The maximum absolute atomic E-state index is 11.2. The Hall–Kier alpha value is -2.20. The van der Waals surface area contributed by atoms with Crippen LogP contribution in [0.25, 0.3) is 0 Å². The van der Waals surface area contributed by atoms with Crippen molar-refractivity contribution in [3.05, 3.63) is 0 Å². The molecule has 1 fully saturated rings. The van der Waals surface area contributed by atoms with Gasteiger partial charge in [0, 0.05) is 13.1 Å². The number of hydrogen-bond acceptors (Lipinski definition) is 6. The van der Waals surface area contributed by atoms with Gasteiger partial charge in [-0.05, 0) is 0 Å². The lowest BCUT2D eigenvalue weighted by atomic mass is 10.0. The number of nitrogens with zero attached hydrogens (tertiary/aromatic N) is 2. The molecule has 1 rings (SSSR count). The van der Waals surface area contributed by atoms with Crippen molar-refractivity contribution in [2.45, 2.75) is 12.1 Å². The molecule has 1 aliphatic rings. The van der Waals surface area contributed by atoms with Gasteiger partial charge in [-0.1, -0.05) is 0 Å². The van der Waals surface area contributed by atoms with E-state index in [0.717, 1.165) is 9.80 Å². The zero-order chi connectivity index (χ0) is 15.4. The summed E-state index contributed by atoms with van der Waals surface area (Å²) in [4.78, 5) is 45.8. The quantitative estimate of drug-likeness (QED) is 0.418. The SMILES string of the molecule is O=C(O)CN1CCN(CC(=O)O)C(C(=O)O)C1C(=O)O. The minimum absolute atomic E-state index is 0.0413. The lowest BCUT2D eigenvalue weighted by Crippen LogP contribution is -2.66. The van der Waals surface area contributed by atoms with Gasteiger partial charge in [-0.2, -0.15) is 0 Å². The van der Waals surface area contributed by atoms with Crippen LogP contribution in [0.15, 0.2) is 0 Å². The molecule has 10 nitrogen and oxygen atoms in total. The molecule has 0 radical (unpaired) electrons. The van der Waals surface area contributed by atoms with Crippen LogP contribution in [0.5, 0.6) is 0 Å². The van der Waals surface area contributed by atoms with Crippen LogP contribution < -0.4 is 0 Å². The monoisotopic (exact) mass is 290 g/mol. The maximum Gasteiger partial charge on any atom is 0.323 e. The second-order valence-electron chi connectivity index (χ2n) is 4.29. The average Bonchev–Trinajstić information content (AvgIpc) is 2.28. The van der Waals surface area contributed by atoms with Crippen LogP contribution in [-0.2, 0) is 19.2 Å². The van der Waals surface area contributed by atoms with Crippen LogP contribution in [-0.4, -0.2) is 92.4 Å². The summed E-state index contributed by atoms with van der Waals surface area (Å²) in [5.74, 6) is -5.58. The fourth-order valence-electron chi connectivity index (χ4n) is 2.22. The van der Waals surface area contributed by atoms with E-state index in [1.54, 1.807) is 0 Å². The highest BCUT2D eigenvalue weighted by molar-refractivity contribution is 5.86. The molecule has 0 aliphatic carbocycles. The van der Waals surface area contributed by atoms with Gasteiger partial charge >= 0.3 is 23.9 Å². The molecule has 0 aromatic heterocycles. The van der Waals surface area contributed by atoms with Gasteiger partial charge in [0.1, 0.15) is 12.1 Å². The highest BCUT2D eigenvalue weighted by atomic mass is 16.4. The number of carboxylic acid groups (broad SMARTS) is 4. The molecule has 10 heteroatoms. The Balaban J connectivity index is 3.05. The van der Waals surface area contributed by atoms with Gasteiger partial charge in [0.2, 0.25) is 0 Å². The van der Waals surface area contributed by atoms with Crippen molar-refractivity contribution in [2.24, 2.45) is 0 Å². The zero-order valence-electron chi connectivity index (χ0n) is 10.3.